The van der Waals surface area contributed by atoms with Gasteiger partial charge in [0.15, 0.2) is 5.76 Å². The zero-order chi connectivity index (χ0) is 17.2. The average molecular weight is 343 g/mol. The first kappa shape index (κ1) is 17.9. The van der Waals surface area contributed by atoms with E-state index in [9.17, 15) is 13.2 Å². The lowest BCUT2D eigenvalue weighted by Crippen LogP contribution is -2.39. The fraction of sp³-hybridized carbons (Fsp3) is 0.733. The van der Waals surface area contributed by atoms with Crippen LogP contribution in [0.15, 0.2) is 9.42 Å². The van der Waals surface area contributed by atoms with E-state index in [1.165, 1.54) is 4.31 Å². The van der Waals surface area contributed by atoms with Gasteiger partial charge in [0.1, 0.15) is 10.6 Å². The minimum absolute atomic E-state index is 0.0271. The minimum atomic E-state index is -3.64. The van der Waals surface area contributed by atoms with Crippen LogP contribution in [0.2, 0.25) is 0 Å². The first-order valence-electron chi connectivity index (χ1n) is 8.00. The third-order valence-corrected chi connectivity index (χ3v) is 6.51. The molecule has 1 fully saturated rings. The van der Waals surface area contributed by atoms with E-state index in [-0.39, 0.29) is 16.7 Å². The average Bonchev–Trinajstić information content (AvgIpc) is 2.73. The van der Waals surface area contributed by atoms with Gasteiger partial charge in [-0.25, -0.2) is 8.42 Å². The van der Waals surface area contributed by atoms with E-state index in [0.29, 0.717) is 44.1 Å². The van der Waals surface area contributed by atoms with E-state index in [1.807, 2.05) is 13.8 Å². The summed E-state index contributed by atoms with van der Waals surface area (Å²) in [5, 5.41) is 3.73. The molecule has 1 aliphatic rings. The van der Waals surface area contributed by atoms with Crippen LogP contribution in [0, 0.1) is 19.8 Å². The molecule has 1 saturated heterocycles. The van der Waals surface area contributed by atoms with Crippen molar-refractivity contribution in [2.24, 2.45) is 5.92 Å². The molecule has 2 rings (SSSR count). The molecule has 8 heteroatoms. The number of carbonyl (C=O) groups is 1. The van der Waals surface area contributed by atoms with E-state index in [1.54, 1.807) is 18.7 Å². The minimum Gasteiger partial charge on any atom is -0.360 e. The molecule has 1 atom stereocenters. The Morgan fingerprint density at radius 1 is 1.26 bits per heavy atom. The highest BCUT2D eigenvalue weighted by Crippen LogP contribution is 2.24. The van der Waals surface area contributed by atoms with Crippen molar-refractivity contribution in [1.29, 1.82) is 0 Å². The van der Waals surface area contributed by atoms with Crippen LogP contribution in [0.3, 0.4) is 0 Å². The number of hydrogen-bond donors (Lipinski definition) is 0. The molecular weight excluding hydrogens is 318 g/mol. The Balaban J connectivity index is 2.16. The summed E-state index contributed by atoms with van der Waals surface area (Å²) in [5.74, 6) is 0.379. The Bertz CT molecular complexity index is 649. The van der Waals surface area contributed by atoms with Crippen molar-refractivity contribution in [3.05, 3.63) is 11.5 Å². The lowest BCUT2D eigenvalue weighted by atomic mass is 10.1. The lowest BCUT2D eigenvalue weighted by Gasteiger charge is -2.24. The molecule has 1 aromatic heterocycles. The zero-order valence-corrected chi connectivity index (χ0v) is 15.0. The van der Waals surface area contributed by atoms with Crippen molar-refractivity contribution in [2.75, 3.05) is 26.2 Å². The summed E-state index contributed by atoms with van der Waals surface area (Å²) < 4.78 is 32.1. The molecule has 1 aliphatic heterocycles. The second-order valence-electron chi connectivity index (χ2n) is 6.05. The Morgan fingerprint density at radius 2 is 1.96 bits per heavy atom. The van der Waals surface area contributed by atoms with Crippen molar-refractivity contribution in [2.45, 2.75) is 45.4 Å². The molecule has 0 saturated carbocycles. The summed E-state index contributed by atoms with van der Waals surface area (Å²) in [7, 11) is -3.64. The summed E-state index contributed by atoms with van der Waals surface area (Å²) in [6.07, 6.45) is 1.42. The SMILES string of the molecule is CCC(C)C(=O)N1CCCN(S(=O)(=O)c2c(C)noc2C)CC1. The number of sulfonamides is 1. The van der Waals surface area contributed by atoms with E-state index < -0.39 is 10.0 Å². The second kappa shape index (κ2) is 7.00. The Morgan fingerprint density at radius 3 is 2.52 bits per heavy atom. The van der Waals surface area contributed by atoms with Gasteiger partial charge in [-0.3, -0.25) is 4.79 Å². The highest BCUT2D eigenvalue weighted by Gasteiger charge is 2.33. The summed E-state index contributed by atoms with van der Waals surface area (Å²) in [4.78, 5) is 14.2. The van der Waals surface area contributed by atoms with Crippen molar-refractivity contribution < 1.29 is 17.7 Å². The van der Waals surface area contributed by atoms with Crippen molar-refractivity contribution >= 4 is 15.9 Å². The molecule has 0 spiro atoms. The lowest BCUT2D eigenvalue weighted by molar-refractivity contribution is -0.134. The number of nitrogens with zero attached hydrogens (tertiary/aromatic N) is 3. The molecule has 0 aliphatic carbocycles. The van der Waals surface area contributed by atoms with E-state index in [0.717, 1.165) is 6.42 Å². The van der Waals surface area contributed by atoms with Gasteiger partial charge >= 0.3 is 0 Å². The van der Waals surface area contributed by atoms with Gasteiger partial charge in [-0.1, -0.05) is 19.0 Å². The highest BCUT2D eigenvalue weighted by molar-refractivity contribution is 7.89. The number of carbonyl (C=O) groups excluding carboxylic acids is 1. The van der Waals surface area contributed by atoms with Crippen LogP contribution < -0.4 is 0 Å². The quantitative estimate of drug-likeness (QED) is 0.828. The number of aryl methyl sites for hydroxylation is 2. The third-order valence-electron chi connectivity index (χ3n) is 4.37. The molecule has 0 bridgehead atoms. The van der Waals surface area contributed by atoms with Gasteiger partial charge in [0.2, 0.25) is 15.9 Å². The van der Waals surface area contributed by atoms with Gasteiger partial charge in [0.05, 0.1) is 0 Å². The Kier molecular flexibility index (Phi) is 5.46. The van der Waals surface area contributed by atoms with Gasteiger partial charge in [-0.15, -0.1) is 0 Å². The van der Waals surface area contributed by atoms with E-state index in [2.05, 4.69) is 5.16 Å². The molecule has 0 N–H and O–H groups in total. The summed E-state index contributed by atoms with van der Waals surface area (Å²) in [5.41, 5.74) is 0.374. The Hall–Kier alpha value is -1.41. The van der Waals surface area contributed by atoms with Gasteiger partial charge in [-0.2, -0.15) is 4.31 Å². The smallest absolute Gasteiger partial charge is 0.248 e. The van der Waals surface area contributed by atoms with Crippen LogP contribution in [0.4, 0.5) is 0 Å². The summed E-state index contributed by atoms with van der Waals surface area (Å²) in [6, 6.07) is 0. The molecule has 23 heavy (non-hydrogen) atoms. The second-order valence-corrected chi connectivity index (χ2v) is 7.92. The molecule has 0 radical (unpaired) electrons. The molecule has 7 nitrogen and oxygen atoms in total. The summed E-state index contributed by atoms with van der Waals surface area (Å²) in [6.45, 7) is 8.83. The molecule has 0 aromatic carbocycles. The topological polar surface area (TPSA) is 83.7 Å². The molecule has 2 heterocycles. The van der Waals surface area contributed by atoms with Gasteiger partial charge < -0.3 is 9.42 Å². The van der Waals surface area contributed by atoms with Crippen LogP contribution >= 0.6 is 0 Å². The molecule has 130 valence electrons. The molecule has 1 unspecified atom stereocenters. The van der Waals surface area contributed by atoms with Gasteiger partial charge in [0, 0.05) is 32.1 Å². The fourth-order valence-electron chi connectivity index (χ4n) is 2.81. The highest BCUT2D eigenvalue weighted by atomic mass is 32.2. The predicted octanol–water partition coefficient (Wildman–Crippen LogP) is 1.56. The van der Waals surface area contributed by atoms with Gasteiger partial charge in [0.25, 0.3) is 0 Å². The number of aromatic nitrogens is 1. The van der Waals surface area contributed by atoms with Crippen molar-refractivity contribution in [1.82, 2.24) is 14.4 Å². The fourth-order valence-corrected chi connectivity index (χ4v) is 4.57. The Labute approximate surface area is 137 Å². The normalized spacial score (nSPS) is 18.7. The maximum Gasteiger partial charge on any atom is 0.248 e. The van der Waals surface area contributed by atoms with Crippen LogP contribution in [-0.2, 0) is 14.8 Å². The first-order chi connectivity index (χ1) is 10.8. The van der Waals surface area contributed by atoms with Crippen LogP contribution in [0.1, 0.15) is 38.1 Å². The molecule has 1 amide bonds. The molecule has 1 aromatic rings. The van der Waals surface area contributed by atoms with Crippen LogP contribution in [0.25, 0.3) is 0 Å². The van der Waals surface area contributed by atoms with Gasteiger partial charge in [-0.05, 0) is 26.7 Å². The standard InChI is InChI=1S/C15H25N3O4S/c1-5-11(2)15(19)17-7-6-8-18(10-9-17)23(20,21)14-12(3)16-22-13(14)4/h11H,5-10H2,1-4H3. The van der Waals surface area contributed by atoms with Crippen LogP contribution in [-0.4, -0.2) is 54.9 Å². The monoisotopic (exact) mass is 343 g/mol. The summed E-state index contributed by atoms with van der Waals surface area (Å²) >= 11 is 0. The van der Waals surface area contributed by atoms with Crippen molar-refractivity contribution in [3.8, 4) is 0 Å². The number of amides is 1. The molecular formula is C15H25N3O4S. The number of hydrogen-bond acceptors (Lipinski definition) is 5. The maximum atomic E-state index is 12.8. The van der Waals surface area contributed by atoms with E-state index in [4.69, 9.17) is 4.52 Å². The predicted molar refractivity (Wildman–Crippen MR) is 85.4 cm³/mol. The maximum absolute atomic E-state index is 12.8. The largest absolute Gasteiger partial charge is 0.360 e. The third kappa shape index (κ3) is 3.58. The van der Waals surface area contributed by atoms with Crippen LogP contribution in [0.5, 0.6) is 0 Å². The first-order valence-corrected chi connectivity index (χ1v) is 9.44. The zero-order valence-electron chi connectivity index (χ0n) is 14.2. The van der Waals surface area contributed by atoms with E-state index >= 15 is 0 Å². The van der Waals surface area contributed by atoms with Crippen molar-refractivity contribution in [3.63, 3.8) is 0 Å². The number of rotatable bonds is 4.